The average molecular weight is 249 g/mol. The molecule has 0 spiro atoms. The second kappa shape index (κ2) is 4.96. The van der Waals surface area contributed by atoms with Crippen molar-refractivity contribution in [2.45, 2.75) is 23.5 Å². The van der Waals surface area contributed by atoms with Crippen LogP contribution < -0.4 is 11.3 Å². The van der Waals surface area contributed by atoms with E-state index in [0.717, 1.165) is 0 Å². The molecular weight excluding hydrogens is 238 g/mol. The zero-order valence-electron chi connectivity index (χ0n) is 9.17. The normalized spacial score (nSPS) is 10.4. The third kappa shape index (κ3) is 3.04. The monoisotopic (exact) mass is 249 g/mol. The maximum atomic E-state index is 11.1. The maximum absolute atomic E-state index is 11.1. The Morgan fingerprint density at radius 2 is 2.29 bits per heavy atom. The smallest absolute Gasteiger partial charge is 0.251 e. The molecule has 6 nitrogen and oxygen atoms in total. The molecule has 2 aromatic rings. The van der Waals surface area contributed by atoms with E-state index in [4.69, 9.17) is 5.73 Å². The van der Waals surface area contributed by atoms with E-state index >= 15 is 0 Å². The lowest BCUT2D eigenvalue weighted by molar-refractivity contribution is 0.884. The number of H-pyrrole nitrogens is 1. The van der Waals surface area contributed by atoms with Crippen LogP contribution in [-0.2, 0) is 6.42 Å². The van der Waals surface area contributed by atoms with Gasteiger partial charge < -0.3 is 10.7 Å². The van der Waals surface area contributed by atoms with Crippen LogP contribution in [0.15, 0.2) is 33.3 Å². The molecule has 0 saturated carbocycles. The van der Waals surface area contributed by atoms with Gasteiger partial charge in [0.15, 0.2) is 5.16 Å². The number of nitrogens with one attached hydrogen (secondary N) is 1. The molecule has 2 rings (SSSR count). The largest absolute Gasteiger partial charge is 0.384 e. The Bertz CT molecular complexity index is 583. The summed E-state index contributed by atoms with van der Waals surface area (Å²) < 4.78 is 0. The molecule has 0 aliphatic heterocycles. The summed E-state index contributed by atoms with van der Waals surface area (Å²) in [6.07, 6.45) is 2.16. The third-order valence-corrected chi connectivity index (χ3v) is 2.75. The fourth-order valence-electron chi connectivity index (χ4n) is 1.21. The van der Waals surface area contributed by atoms with E-state index in [2.05, 4.69) is 19.9 Å². The van der Waals surface area contributed by atoms with Gasteiger partial charge in [0.05, 0.1) is 0 Å². The van der Waals surface area contributed by atoms with Gasteiger partial charge in [0.2, 0.25) is 0 Å². The van der Waals surface area contributed by atoms with Crippen LogP contribution in [0.1, 0.15) is 12.7 Å². The summed E-state index contributed by atoms with van der Waals surface area (Å²) >= 11 is 1.25. The second-order valence-corrected chi connectivity index (χ2v) is 4.25. The molecule has 88 valence electrons. The summed E-state index contributed by atoms with van der Waals surface area (Å²) in [6.45, 7) is 1.95. The summed E-state index contributed by atoms with van der Waals surface area (Å²) in [6, 6.07) is 3.01. The number of aromatic amines is 1. The van der Waals surface area contributed by atoms with Gasteiger partial charge in [-0.2, -0.15) is 0 Å². The number of nitrogens with zero attached hydrogens (tertiary/aromatic N) is 3. The minimum absolute atomic E-state index is 0.194. The van der Waals surface area contributed by atoms with Gasteiger partial charge in [-0.1, -0.05) is 6.92 Å². The van der Waals surface area contributed by atoms with Crippen molar-refractivity contribution >= 4 is 17.6 Å². The van der Waals surface area contributed by atoms with E-state index < -0.39 is 0 Å². The minimum atomic E-state index is -0.194. The molecular formula is C10H11N5OS. The van der Waals surface area contributed by atoms with E-state index in [1.807, 2.05) is 6.92 Å². The van der Waals surface area contributed by atoms with Gasteiger partial charge in [-0.3, -0.25) is 4.79 Å². The van der Waals surface area contributed by atoms with Crippen LogP contribution in [0.5, 0.6) is 0 Å². The van der Waals surface area contributed by atoms with Crippen LogP contribution in [0.4, 0.5) is 5.82 Å². The van der Waals surface area contributed by atoms with E-state index in [0.29, 0.717) is 28.2 Å². The molecule has 2 heterocycles. The first kappa shape index (κ1) is 11.6. The van der Waals surface area contributed by atoms with Gasteiger partial charge in [0.25, 0.3) is 5.56 Å². The number of hydrogen-bond donors (Lipinski definition) is 2. The number of aryl methyl sites for hydroxylation is 1. The van der Waals surface area contributed by atoms with Crippen molar-refractivity contribution in [1.29, 1.82) is 0 Å². The highest BCUT2D eigenvalue weighted by Gasteiger charge is 2.04. The first-order valence-corrected chi connectivity index (χ1v) is 5.85. The lowest BCUT2D eigenvalue weighted by atomic mass is 10.4. The van der Waals surface area contributed by atoms with Gasteiger partial charge in [-0.15, -0.1) is 0 Å². The molecule has 0 aromatic carbocycles. The highest BCUT2D eigenvalue weighted by molar-refractivity contribution is 7.99. The van der Waals surface area contributed by atoms with Gasteiger partial charge in [-0.05, 0) is 11.8 Å². The van der Waals surface area contributed by atoms with Crippen molar-refractivity contribution < 1.29 is 0 Å². The number of rotatable bonds is 3. The average Bonchev–Trinajstić information content (AvgIpc) is 2.28. The van der Waals surface area contributed by atoms with Crippen LogP contribution >= 0.6 is 11.8 Å². The summed E-state index contributed by atoms with van der Waals surface area (Å²) in [5.74, 6) is 1.09. The second-order valence-electron chi connectivity index (χ2n) is 3.24. The summed E-state index contributed by atoms with van der Waals surface area (Å²) in [7, 11) is 0. The molecule has 0 bridgehead atoms. The standard InChI is InChI=1S/C10H11N5OS/c1-2-7-13-6(11)5-9(14-7)17-10-12-4-3-8(16)15-10/h3-5H,2H2,1H3,(H2,11,13,14)(H,12,15,16). The molecule has 0 aliphatic rings. The molecule has 0 aliphatic carbocycles. The van der Waals surface area contributed by atoms with E-state index in [1.54, 1.807) is 6.07 Å². The van der Waals surface area contributed by atoms with Crippen molar-refractivity contribution in [3.63, 3.8) is 0 Å². The molecule has 0 saturated heterocycles. The van der Waals surface area contributed by atoms with E-state index in [-0.39, 0.29) is 5.56 Å². The van der Waals surface area contributed by atoms with Gasteiger partial charge in [-0.25, -0.2) is 15.0 Å². The summed E-state index contributed by atoms with van der Waals surface area (Å²) in [5.41, 5.74) is 5.47. The van der Waals surface area contributed by atoms with Crippen LogP contribution in [0.25, 0.3) is 0 Å². The molecule has 0 unspecified atom stereocenters. The van der Waals surface area contributed by atoms with Crippen molar-refractivity contribution in [2.75, 3.05) is 5.73 Å². The van der Waals surface area contributed by atoms with Crippen molar-refractivity contribution in [3.05, 3.63) is 34.5 Å². The zero-order valence-corrected chi connectivity index (χ0v) is 9.99. The fourth-order valence-corrected chi connectivity index (χ4v) is 2.00. The van der Waals surface area contributed by atoms with E-state index in [1.165, 1.54) is 24.0 Å². The fraction of sp³-hybridized carbons (Fsp3) is 0.200. The number of aromatic nitrogens is 4. The maximum Gasteiger partial charge on any atom is 0.251 e. The molecule has 3 N–H and O–H groups in total. The zero-order chi connectivity index (χ0) is 12.3. The van der Waals surface area contributed by atoms with Gasteiger partial charge >= 0.3 is 0 Å². The lowest BCUT2D eigenvalue weighted by Crippen LogP contribution is -2.05. The highest BCUT2D eigenvalue weighted by Crippen LogP contribution is 2.22. The molecule has 0 amide bonds. The predicted molar refractivity (Wildman–Crippen MR) is 64.8 cm³/mol. The quantitative estimate of drug-likeness (QED) is 0.618. The number of anilines is 1. The van der Waals surface area contributed by atoms with Crippen molar-refractivity contribution in [3.8, 4) is 0 Å². The number of nitrogen functional groups attached to an aromatic ring is 1. The Balaban J connectivity index is 2.29. The van der Waals surface area contributed by atoms with Crippen molar-refractivity contribution in [2.24, 2.45) is 0 Å². The van der Waals surface area contributed by atoms with Crippen LogP contribution in [-0.4, -0.2) is 19.9 Å². The van der Waals surface area contributed by atoms with Crippen LogP contribution in [0.2, 0.25) is 0 Å². The molecule has 7 heteroatoms. The molecule has 17 heavy (non-hydrogen) atoms. The molecule has 0 radical (unpaired) electrons. The minimum Gasteiger partial charge on any atom is -0.384 e. The predicted octanol–water partition coefficient (Wildman–Crippen LogP) is 0.856. The Morgan fingerprint density at radius 3 is 3.00 bits per heavy atom. The van der Waals surface area contributed by atoms with Crippen molar-refractivity contribution in [1.82, 2.24) is 19.9 Å². The topological polar surface area (TPSA) is 97.5 Å². The van der Waals surface area contributed by atoms with Gasteiger partial charge in [0.1, 0.15) is 16.7 Å². The van der Waals surface area contributed by atoms with Crippen LogP contribution in [0.3, 0.4) is 0 Å². The first-order valence-electron chi connectivity index (χ1n) is 5.04. The summed E-state index contributed by atoms with van der Waals surface area (Å²) in [5, 5.41) is 1.15. The molecule has 2 aromatic heterocycles. The number of hydrogen-bond acceptors (Lipinski definition) is 6. The Morgan fingerprint density at radius 1 is 1.47 bits per heavy atom. The van der Waals surface area contributed by atoms with E-state index in [9.17, 15) is 4.79 Å². The Kier molecular flexibility index (Phi) is 3.38. The summed E-state index contributed by atoms with van der Waals surface area (Å²) in [4.78, 5) is 26.1. The first-order chi connectivity index (χ1) is 8.17. The number of nitrogens with two attached hydrogens (primary N) is 1. The van der Waals surface area contributed by atoms with Crippen LogP contribution in [0, 0.1) is 0 Å². The third-order valence-electron chi connectivity index (χ3n) is 1.93. The lowest BCUT2D eigenvalue weighted by Gasteiger charge is -2.03. The van der Waals surface area contributed by atoms with Gasteiger partial charge in [0, 0.05) is 24.8 Å². The molecule has 0 fully saturated rings. The molecule has 0 atom stereocenters. The Labute approximate surface area is 102 Å². The Hall–Kier alpha value is -1.89. The SMILES string of the molecule is CCc1nc(N)cc(Sc2nccc(=O)[nH]2)n1. The highest BCUT2D eigenvalue weighted by atomic mass is 32.2.